The molecule has 0 aromatic carbocycles. The van der Waals surface area contributed by atoms with Crippen LogP contribution in [-0.2, 0) is 20.9 Å². The highest BCUT2D eigenvalue weighted by Gasteiger charge is 2.17. The highest BCUT2D eigenvalue weighted by atomic mass is 16.5. The van der Waals surface area contributed by atoms with Crippen molar-refractivity contribution >= 4 is 11.9 Å². The van der Waals surface area contributed by atoms with E-state index < -0.39 is 12.1 Å². The summed E-state index contributed by atoms with van der Waals surface area (Å²) >= 11 is 0. The van der Waals surface area contributed by atoms with E-state index in [1.54, 1.807) is 4.68 Å². The largest absolute Gasteiger partial charge is 0.479 e. The van der Waals surface area contributed by atoms with E-state index in [-0.39, 0.29) is 18.9 Å². The number of hydrogen-bond acceptors (Lipinski definition) is 4. The lowest BCUT2D eigenvalue weighted by molar-refractivity contribution is -0.148. The third kappa shape index (κ3) is 4.70. The minimum Gasteiger partial charge on any atom is -0.479 e. The quantitative estimate of drug-likeness (QED) is 0.732. The first-order valence-corrected chi connectivity index (χ1v) is 5.97. The summed E-state index contributed by atoms with van der Waals surface area (Å²) in [6, 6.07) is 1.93. The molecule has 1 unspecified atom stereocenters. The number of amides is 1. The van der Waals surface area contributed by atoms with E-state index in [0.29, 0.717) is 6.54 Å². The van der Waals surface area contributed by atoms with Crippen molar-refractivity contribution < 1.29 is 19.4 Å². The molecule has 19 heavy (non-hydrogen) atoms. The second kappa shape index (κ2) is 6.89. The number of hydrogen-bond donors (Lipinski definition) is 2. The van der Waals surface area contributed by atoms with Crippen LogP contribution in [0.15, 0.2) is 6.07 Å². The Balaban J connectivity index is 2.36. The number of methoxy groups -OCH3 is 1. The Morgan fingerprint density at radius 3 is 2.68 bits per heavy atom. The van der Waals surface area contributed by atoms with Gasteiger partial charge in [-0.3, -0.25) is 9.48 Å². The molecule has 1 aromatic rings. The fraction of sp³-hybridized carbons (Fsp3) is 0.583. The van der Waals surface area contributed by atoms with Crippen LogP contribution in [-0.4, -0.2) is 46.5 Å². The van der Waals surface area contributed by atoms with Crippen molar-refractivity contribution in [3.63, 3.8) is 0 Å². The van der Waals surface area contributed by atoms with Crippen LogP contribution in [0.3, 0.4) is 0 Å². The third-order valence-electron chi connectivity index (χ3n) is 2.70. The summed E-state index contributed by atoms with van der Waals surface area (Å²) in [4.78, 5) is 22.3. The number of carboxylic acid groups (broad SMARTS) is 1. The first-order valence-electron chi connectivity index (χ1n) is 5.97. The highest BCUT2D eigenvalue weighted by Crippen LogP contribution is 2.02. The predicted octanol–water partition coefficient (Wildman–Crippen LogP) is 0.106. The van der Waals surface area contributed by atoms with E-state index >= 15 is 0 Å². The number of carbonyl (C=O) groups excluding carboxylic acids is 1. The number of nitrogens with zero attached hydrogens (tertiary/aromatic N) is 2. The van der Waals surface area contributed by atoms with Gasteiger partial charge in [-0.05, 0) is 19.9 Å². The second-order valence-corrected chi connectivity index (χ2v) is 4.27. The number of carbonyl (C=O) groups is 2. The summed E-state index contributed by atoms with van der Waals surface area (Å²) in [6.45, 7) is 4.24. The molecule has 1 aromatic heterocycles. The van der Waals surface area contributed by atoms with Crippen LogP contribution in [0, 0.1) is 13.8 Å². The van der Waals surface area contributed by atoms with Gasteiger partial charge in [0.15, 0.2) is 6.10 Å². The Morgan fingerprint density at radius 2 is 2.21 bits per heavy atom. The summed E-state index contributed by atoms with van der Waals surface area (Å²) in [7, 11) is 1.29. The Hall–Kier alpha value is -1.89. The molecule has 0 saturated carbocycles. The molecule has 2 N–H and O–H groups in total. The lowest BCUT2D eigenvalue weighted by Gasteiger charge is -2.11. The zero-order chi connectivity index (χ0) is 14.4. The predicted molar refractivity (Wildman–Crippen MR) is 67.8 cm³/mol. The normalized spacial score (nSPS) is 12.2. The molecule has 0 fully saturated rings. The van der Waals surface area contributed by atoms with E-state index in [1.807, 2.05) is 19.9 Å². The topological polar surface area (TPSA) is 93.5 Å². The van der Waals surface area contributed by atoms with Crippen molar-refractivity contribution in [1.29, 1.82) is 0 Å². The Labute approximate surface area is 111 Å². The second-order valence-electron chi connectivity index (χ2n) is 4.27. The molecular formula is C12H19N3O4. The molecule has 1 amide bonds. The molecule has 1 heterocycles. The zero-order valence-corrected chi connectivity index (χ0v) is 11.3. The maximum absolute atomic E-state index is 11.6. The smallest absolute Gasteiger partial charge is 0.334 e. The number of aliphatic carboxylic acids is 1. The molecular weight excluding hydrogens is 250 g/mol. The van der Waals surface area contributed by atoms with Crippen LogP contribution in [0.1, 0.15) is 17.8 Å². The number of carboxylic acids is 1. The first kappa shape index (κ1) is 15.2. The van der Waals surface area contributed by atoms with Crippen molar-refractivity contribution in [2.75, 3.05) is 13.7 Å². The SMILES string of the molecule is COC(CNC(=O)CCn1nc(C)cc1C)C(=O)O. The van der Waals surface area contributed by atoms with Crippen molar-refractivity contribution in [2.24, 2.45) is 0 Å². The van der Waals surface area contributed by atoms with E-state index in [4.69, 9.17) is 9.84 Å². The van der Waals surface area contributed by atoms with Gasteiger partial charge in [-0.1, -0.05) is 0 Å². The molecule has 0 bridgehead atoms. The molecule has 1 rings (SSSR count). The van der Waals surface area contributed by atoms with Crippen molar-refractivity contribution in [1.82, 2.24) is 15.1 Å². The fourth-order valence-corrected chi connectivity index (χ4v) is 1.68. The maximum Gasteiger partial charge on any atom is 0.334 e. The summed E-state index contributed by atoms with van der Waals surface area (Å²) in [5, 5.41) is 15.5. The highest BCUT2D eigenvalue weighted by molar-refractivity contribution is 5.78. The number of aryl methyl sites for hydroxylation is 3. The van der Waals surface area contributed by atoms with Crippen molar-refractivity contribution in [3.05, 3.63) is 17.5 Å². The first-order chi connectivity index (χ1) is 8.93. The summed E-state index contributed by atoms with van der Waals surface area (Å²) in [5.41, 5.74) is 1.90. The summed E-state index contributed by atoms with van der Waals surface area (Å²) in [6.07, 6.45) is -0.768. The van der Waals surface area contributed by atoms with Gasteiger partial charge in [0.1, 0.15) is 0 Å². The van der Waals surface area contributed by atoms with E-state index in [1.165, 1.54) is 7.11 Å². The molecule has 0 aliphatic heterocycles. The van der Waals surface area contributed by atoms with E-state index in [2.05, 4.69) is 10.4 Å². The van der Waals surface area contributed by atoms with Crippen molar-refractivity contribution in [3.8, 4) is 0 Å². The van der Waals surface area contributed by atoms with Gasteiger partial charge in [-0.15, -0.1) is 0 Å². The van der Waals surface area contributed by atoms with Gasteiger partial charge < -0.3 is 15.2 Å². The van der Waals surface area contributed by atoms with Gasteiger partial charge in [0, 0.05) is 25.8 Å². The Kier molecular flexibility index (Phi) is 5.50. The number of ether oxygens (including phenoxy) is 1. The standard InChI is InChI=1S/C12H19N3O4/c1-8-6-9(2)15(14-8)5-4-11(16)13-7-10(19-3)12(17)18/h6,10H,4-5,7H2,1-3H3,(H,13,16)(H,17,18). The molecule has 0 aliphatic rings. The van der Waals surface area contributed by atoms with Gasteiger partial charge >= 0.3 is 5.97 Å². The van der Waals surface area contributed by atoms with Crippen LogP contribution in [0.4, 0.5) is 0 Å². The van der Waals surface area contributed by atoms with Gasteiger partial charge in [0.2, 0.25) is 5.91 Å². The maximum atomic E-state index is 11.6. The Bertz CT molecular complexity index is 456. The number of nitrogens with one attached hydrogen (secondary N) is 1. The van der Waals surface area contributed by atoms with E-state index in [9.17, 15) is 9.59 Å². The fourth-order valence-electron chi connectivity index (χ4n) is 1.68. The zero-order valence-electron chi connectivity index (χ0n) is 11.3. The number of aromatic nitrogens is 2. The van der Waals surface area contributed by atoms with Crippen LogP contribution < -0.4 is 5.32 Å². The van der Waals surface area contributed by atoms with Crippen LogP contribution >= 0.6 is 0 Å². The van der Waals surface area contributed by atoms with Crippen molar-refractivity contribution in [2.45, 2.75) is 32.9 Å². The van der Waals surface area contributed by atoms with Crippen LogP contribution in [0.5, 0.6) is 0 Å². The van der Waals surface area contributed by atoms with Gasteiger partial charge in [0.25, 0.3) is 0 Å². The van der Waals surface area contributed by atoms with Gasteiger partial charge in [-0.2, -0.15) is 5.10 Å². The van der Waals surface area contributed by atoms with Gasteiger partial charge in [-0.25, -0.2) is 4.79 Å². The third-order valence-corrected chi connectivity index (χ3v) is 2.70. The molecule has 1 atom stereocenters. The average molecular weight is 269 g/mol. The molecule has 7 heteroatoms. The molecule has 0 radical (unpaired) electrons. The number of rotatable bonds is 7. The lowest BCUT2D eigenvalue weighted by Crippen LogP contribution is -2.38. The monoisotopic (exact) mass is 269 g/mol. The van der Waals surface area contributed by atoms with Crippen LogP contribution in [0.2, 0.25) is 0 Å². The molecule has 0 spiro atoms. The van der Waals surface area contributed by atoms with Crippen LogP contribution in [0.25, 0.3) is 0 Å². The average Bonchev–Trinajstić information content (AvgIpc) is 2.65. The van der Waals surface area contributed by atoms with Gasteiger partial charge in [0.05, 0.1) is 12.2 Å². The lowest BCUT2D eigenvalue weighted by atomic mass is 10.3. The molecule has 0 saturated heterocycles. The summed E-state index contributed by atoms with van der Waals surface area (Å²) in [5.74, 6) is -1.32. The van der Waals surface area contributed by atoms with E-state index in [0.717, 1.165) is 11.4 Å². The summed E-state index contributed by atoms with van der Waals surface area (Å²) < 4.78 is 6.47. The Morgan fingerprint density at radius 1 is 1.53 bits per heavy atom. The minimum absolute atomic E-state index is 0.0399. The minimum atomic E-state index is -1.10. The molecule has 7 nitrogen and oxygen atoms in total. The molecule has 0 aliphatic carbocycles. The molecule has 106 valence electrons.